The molecule has 0 amide bonds. The van der Waals surface area contributed by atoms with E-state index < -0.39 is 0 Å². The standard InChI is InChI=1S/C12H17NO2/c1-8-4-10-11(15-7-14-10)5-9(8)12(2,3)6-13/h4-5H,6-7,13H2,1-3H3. The first-order valence-corrected chi connectivity index (χ1v) is 5.15. The molecule has 1 heterocycles. The largest absolute Gasteiger partial charge is 0.454 e. The van der Waals surface area contributed by atoms with Crippen LogP contribution in [-0.2, 0) is 5.41 Å². The van der Waals surface area contributed by atoms with Crippen LogP contribution in [-0.4, -0.2) is 13.3 Å². The van der Waals surface area contributed by atoms with Crippen LogP contribution in [0.5, 0.6) is 11.5 Å². The van der Waals surface area contributed by atoms with Crippen molar-refractivity contribution in [3.8, 4) is 11.5 Å². The van der Waals surface area contributed by atoms with Gasteiger partial charge in [0.25, 0.3) is 0 Å². The maximum atomic E-state index is 5.78. The van der Waals surface area contributed by atoms with Crippen LogP contribution < -0.4 is 15.2 Å². The number of ether oxygens (including phenoxy) is 2. The van der Waals surface area contributed by atoms with Gasteiger partial charge < -0.3 is 15.2 Å². The molecule has 1 aliphatic rings. The van der Waals surface area contributed by atoms with Gasteiger partial charge in [0.1, 0.15) is 0 Å². The average molecular weight is 207 g/mol. The number of fused-ring (bicyclic) bond motifs is 1. The van der Waals surface area contributed by atoms with Gasteiger partial charge in [-0.1, -0.05) is 13.8 Å². The second-order valence-corrected chi connectivity index (χ2v) is 4.61. The minimum Gasteiger partial charge on any atom is -0.454 e. The Labute approximate surface area is 90.2 Å². The Morgan fingerprint density at radius 3 is 2.47 bits per heavy atom. The smallest absolute Gasteiger partial charge is 0.231 e. The van der Waals surface area contributed by atoms with Gasteiger partial charge in [-0.2, -0.15) is 0 Å². The van der Waals surface area contributed by atoms with Crippen molar-refractivity contribution in [2.75, 3.05) is 13.3 Å². The number of rotatable bonds is 2. The van der Waals surface area contributed by atoms with E-state index in [0.29, 0.717) is 13.3 Å². The van der Waals surface area contributed by atoms with Crippen LogP contribution >= 0.6 is 0 Å². The monoisotopic (exact) mass is 207 g/mol. The molecule has 0 unspecified atom stereocenters. The molecule has 0 saturated heterocycles. The van der Waals surface area contributed by atoms with Crippen LogP contribution in [0, 0.1) is 6.92 Å². The summed E-state index contributed by atoms with van der Waals surface area (Å²) in [6.45, 7) is 7.29. The molecule has 3 heteroatoms. The number of aryl methyl sites for hydroxylation is 1. The first-order valence-electron chi connectivity index (χ1n) is 5.15. The summed E-state index contributed by atoms with van der Waals surface area (Å²) in [5.74, 6) is 1.67. The Morgan fingerprint density at radius 2 is 1.87 bits per heavy atom. The molecule has 0 spiro atoms. The van der Waals surface area contributed by atoms with Crippen molar-refractivity contribution in [2.45, 2.75) is 26.2 Å². The van der Waals surface area contributed by atoms with Crippen LogP contribution in [0.3, 0.4) is 0 Å². The van der Waals surface area contributed by atoms with E-state index in [1.807, 2.05) is 12.1 Å². The first kappa shape index (κ1) is 10.3. The zero-order valence-electron chi connectivity index (χ0n) is 9.46. The maximum absolute atomic E-state index is 5.78. The Balaban J connectivity index is 2.49. The molecular weight excluding hydrogens is 190 g/mol. The van der Waals surface area contributed by atoms with Gasteiger partial charge in [-0.15, -0.1) is 0 Å². The van der Waals surface area contributed by atoms with Gasteiger partial charge in [-0.05, 0) is 30.2 Å². The molecule has 1 aromatic carbocycles. The summed E-state index contributed by atoms with van der Waals surface area (Å²) in [5, 5.41) is 0. The van der Waals surface area contributed by atoms with E-state index in [1.165, 1.54) is 11.1 Å². The molecule has 15 heavy (non-hydrogen) atoms. The summed E-state index contributed by atoms with van der Waals surface area (Å²) in [7, 11) is 0. The van der Waals surface area contributed by atoms with E-state index in [-0.39, 0.29) is 5.41 Å². The SMILES string of the molecule is Cc1cc2c(cc1C(C)(C)CN)OCO2. The van der Waals surface area contributed by atoms with Gasteiger partial charge >= 0.3 is 0 Å². The Kier molecular flexibility index (Phi) is 2.35. The zero-order valence-corrected chi connectivity index (χ0v) is 9.46. The number of benzene rings is 1. The quantitative estimate of drug-likeness (QED) is 0.806. The van der Waals surface area contributed by atoms with Crippen molar-refractivity contribution >= 4 is 0 Å². The van der Waals surface area contributed by atoms with Crippen molar-refractivity contribution in [1.29, 1.82) is 0 Å². The Hall–Kier alpha value is -1.22. The normalized spacial score (nSPS) is 14.4. The molecule has 3 nitrogen and oxygen atoms in total. The van der Waals surface area contributed by atoms with Gasteiger partial charge in [0.2, 0.25) is 6.79 Å². The highest BCUT2D eigenvalue weighted by molar-refractivity contribution is 5.50. The zero-order chi connectivity index (χ0) is 11.1. The summed E-state index contributed by atoms with van der Waals surface area (Å²) in [6.07, 6.45) is 0. The first-order chi connectivity index (χ1) is 7.04. The molecule has 0 bridgehead atoms. The lowest BCUT2D eigenvalue weighted by atomic mass is 9.82. The van der Waals surface area contributed by atoms with Crippen LogP contribution in [0.4, 0.5) is 0 Å². The Bertz CT molecular complexity index is 385. The average Bonchev–Trinajstić information content (AvgIpc) is 2.63. The summed E-state index contributed by atoms with van der Waals surface area (Å²) in [6, 6.07) is 4.07. The number of hydrogen-bond donors (Lipinski definition) is 1. The predicted octanol–water partition coefficient (Wildman–Crippen LogP) is 1.96. The molecule has 0 saturated carbocycles. The van der Waals surface area contributed by atoms with Crippen molar-refractivity contribution < 1.29 is 9.47 Å². The third-order valence-electron chi connectivity index (χ3n) is 2.96. The molecule has 82 valence electrons. The van der Waals surface area contributed by atoms with E-state index in [2.05, 4.69) is 20.8 Å². The highest BCUT2D eigenvalue weighted by atomic mass is 16.7. The van der Waals surface area contributed by atoms with Gasteiger partial charge in [-0.25, -0.2) is 0 Å². The van der Waals surface area contributed by atoms with Crippen LogP contribution in [0.15, 0.2) is 12.1 Å². The molecule has 0 fully saturated rings. The lowest BCUT2D eigenvalue weighted by molar-refractivity contribution is 0.174. The van der Waals surface area contributed by atoms with Gasteiger partial charge in [0, 0.05) is 12.0 Å². The number of hydrogen-bond acceptors (Lipinski definition) is 3. The summed E-state index contributed by atoms with van der Waals surface area (Å²) in [5.41, 5.74) is 8.19. The molecule has 0 radical (unpaired) electrons. The van der Waals surface area contributed by atoms with E-state index in [9.17, 15) is 0 Å². The second-order valence-electron chi connectivity index (χ2n) is 4.61. The molecule has 0 atom stereocenters. The second kappa shape index (κ2) is 3.42. The fraction of sp³-hybridized carbons (Fsp3) is 0.500. The lowest BCUT2D eigenvalue weighted by Gasteiger charge is -2.25. The third-order valence-corrected chi connectivity index (χ3v) is 2.96. The molecule has 0 aromatic heterocycles. The van der Waals surface area contributed by atoms with Crippen molar-refractivity contribution in [3.63, 3.8) is 0 Å². The highest BCUT2D eigenvalue weighted by Gasteiger charge is 2.24. The van der Waals surface area contributed by atoms with Crippen molar-refractivity contribution in [1.82, 2.24) is 0 Å². The lowest BCUT2D eigenvalue weighted by Crippen LogP contribution is -2.28. The van der Waals surface area contributed by atoms with Crippen molar-refractivity contribution in [2.24, 2.45) is 5.73 Å². The topological polar surface area (TPSA) is 44.5 Å². The fourth-order valence-corrected chi connectivity index (χ4v) is 1.88. The predicted molar refractivity (Wildman–Crippen MR) is 59.4 cm³/mol. The molecule has 0 aliphatic carbocycles. The van der Waals surface area contributed by atoms with Gasteiger partial charge in [0.15, 0.2) is 11.5 Å². The molecular formula is C12H17NO2. The van der Waals surface area contributed by atoms with Crippen LogP contribution in [0.25, 0.3) is 0 Å². The molecule has 2 N–H and O–H groups in total. The molecule has 1 aliphatic heterocycles. The minimum atomic E-state index is -0.0228. The fourth-order valence-electron chi connectivity index (χ4n) is 1.88. The van der Waals surface area contributed by atoms with Gasteiger partial charge in [-0.3, -0.25) is 0 Å². The van der Waals surface area contributed by atoms with E-state index in [4.69, 9.17) is 15.2 Å². The maximum Gasteiger partial charge on any atom is 0.231 e. The Morgan fingerprint density at radius 1 is 1.27 bits per heavy atom. The molecule has 1 aromatic rings. The number of nitrogens with two attached hydrogens (primary N) is 1. The van der Waals surface area contributed by atoms with Crippen LogP contribution in [0.1, 0.15) is 25.0 Å². The molecule has 2 rings (SSSR count). The summed E-state index contributed by atoms with van der Waals surface area (Å²) in [4.78, 5) is 0. The summed E-state index contributed by atoms with van der Waals surface area (Å²) >= 11 is 0. The van der Waals surface area contributed by atoms with E-state index in [0.717, 1.165) is 11.5 Å². The minimum absolute atomic E-state index is 0.0228. The van der Waals surface area contributed by atoms with Crippen LogP contribution in [0.2, 0.25) is 0 Å². The third kappa shape index (κ3) is 1.67. The van der Waals surface area contributed by atoms with Gasteiger partial charge in [0.05, 0.1) is 0 Å². The highest BCUT2D eigenvalue weighted by Crippen LogP contribution is 2.38. The van der Waals surface area contributed by atoms with E-state index >= 15 is 0 Å². The van der Waals surface area contributed by atoms with Crippen molar-refractivity contribution in [3.05, 3.63) is 23.3 Å². The van der Waals surface area contributed by atoms with E-state index in [1.54, 1.807) is 0 Å². The summed E-state index contributed by atoms with van der Waals surface area (Å²) < 4.78 is 10.7.